The normalized spacial score (nSPS) is 13.7. The number of hydrogen-bond donors (Lipinski definition) is 0. The molecule has 8 rings (SSSR count). The van der Waals surface area contributed by atoms with Gasteiger partial charge in [0, 0.05) is 21.9 Å². The topological polar surface area (TPSA) is 43.6 Å². The Morgan fingerprint density at radius 1 is 0.605 bits per heavy atom. The molecule has 0 unspecified atom stereocenters. The lowest BCUT2D eigenvalue weighted by atomic mass is 9.86. The Balaban J connectivity index is 1.46. The monoisotopic (exact) mass is 488 g/mol. The molecule has 0 radical (unpaired) electrons. The van der Waals surface area contributed by atoms with Crippen molar-refractivity contribution in [2.45, 2.75) is 19.3 Å². The van der Waals surface area contributed by atoms with Gasteiger partial charge >= 0.3 is 0 Å². The second-order valence-corrected chi connectivity index (χ2v) is 10.5. The summed E-state index contributed by atoms with van der Waals surface area (Å²) in [6, 6.07) is 38.1. The molecule has 0 bridgehead atoms. The van der Waals surface area contributed by atoms with Crippen molar-refractivity contribution in [3.63, 3.8) is 0 Å². The summed E-state index contributed by atoms with van der Waals surface area (Å²) in [4.78, 5) is 15.7. The molecule has 38 heavy (non-hydrogen) atoms. The Morgan fingerprint density at radius 2 is 1.39 bits per heavy atom. The van der Waals surface area contributed by atoms with Crippen LogP contribution in [0.15, 0.2) is 109 Å². The van der Waals surface area contributed by atoms with Gasteiger partial charge < -0.3 is 0 Å². The lowest BCUT2D eigenvalue weighted by Crippen LogP contribution is -2.16. The molecule has 0 aliphatic carbocycles. The van der Waals surface area contributed by atoms with Crippen LogP contribution >= 0.6 is 0 Å². The highest BCUT2D eigenvalue weighted by Gasteiger charge is 2.39. The highest BCUT2D eigenvalue weighted by Crippen LogP contribution is 2.45. The van der Waals surface area contributed by atoms with Gasteiger partial charge in [0.05, 0.1) is 27.8 Å². The minimum Gasteiger partial charge on any atom is -0.295 e. The van der Waals surface area contributed by atoms with E-state index in [4.69, 9.17) is 15.0 Å². The first-order chi connectivity index (χ1) is 18.6. The van der Waals surface area contributed by atoms with Gasteiger partial charge in [0.25, 0.3) is 0 Å². The molecule has 1 aliphatic rings. The van der Waals surface area contributed by atoms with Crippen molar-refractivity contribution < 1.29 is 0 Å². The van der Waals surface area contributed by atoms with Crippen molar-refractivity contribution in [3.05, 3.63) is 121 Å². The molecule has 7 aromatic rings. The summed E-state index contributed by atoms with van der Waals surface area (Å²) in [5.41, 5.74) is 8.24. The van der Waals surface area contributed by atoms with Gasteiger partial charge in [-0.15, -0.1) is 0 Å². The Labute approximate surface area is 220 Å². The highest BCUT2D eigenvalue weighted by atomic mass is 15.1. The third kappa shape index (κ3) is 2.83. The number of rotatable bonds is 2. The molecule has 3 heterocycles. The Kier molecular flexibility index (Phi) is 4.25. The largest absolute Gasteiger partial charge is 0.295 e. The molecule has 4 nitrogen and oxygen atoms in total. The number of para-hydroxylation sites is 2. The number of nitrogens with zero attached hydrogens (tertiary/aromatic N) is 4. The molecule has 0 saturated carbocycles. The van der Waals surface area contributed by atoms with Crippen molar-refractivity contribution in [2.75, 3.05) is 0 Å². The fourth-order valence-corrected chi connectivity index (χ4v) is 6.06. The Hall–Kier alpha value is -4.83. The molecule has 0 N–H and O–H groups in total. The SMILES string of the molecule is CC1(C)c2ccccc2-n2c1nc1c(-c3nc(-c4ccccc4)c4ccc5ccccc5c4n3)cccc12. The van der Waals surface area contributed by atoms with Crippen LogP contribution in [-0.2, 0) is 5.41 Å². The molecule has 180 valence electrons. The lowest BCUT2D eigenvalue weighted by Gasteiger charge is -2.17. The minimum absolute atomic E-state index is 0.192. The predicted molar refractivity (Wildman–Crippen MR) is 155 cm³/mol. The predicted octanol–water partition coefficient (Wildman–Crippen LogP) is 8.10. The fourth-order valence-electron chi connectivity index (χ4n) is 6.06. The zero-order chi connectivity index (χ0) is 25.4. The van der Waals surface area contributed by atoms with Gasteiger partial charge in [-0.05, 0) is 49.1 Å². The van der Waals surface area contributed by atoms with Gasteiger partial charge in [-0.3, -0.25) is 4.57 Å². The molecular weight excluding hydrogens is 464 g/mol. The summed E-state index contributed by atoms with van der Waals surface area (Å²) in [5.74, 6) is 1.75. The van der Waals surface area contributed by atoms with Crippen molar-refractivity contribution in [3.8, 4) is 28.3 Å². The second-order valence-electron chi connectivity index (χ2n) is 10.5. The van der Waals surface area contributed by atoms with E-state index in [9.17, 15) is 0 Å². The number of aromatic nitrogens is 4. The van der Waals surface area contributed by atoms with Crippen LogP contribution in [0.3, 0.4) is 0 Å². The number of benzene rings is 5. The molecule has 0 fully saturated rings. The summed E-state index contributed by atoms with van der Waals surface area (Å²) in [5, 5.41) is 3.34. The number of imidazole rings is 1. The molecule has 0 spiro atoms. The van der Waals surface area contributed by atoms with E-state index in [-0.39, 0.29) is 5.41 Å². The maximum Gasteiger partial charge on any atom is 0.162 e. The smallest absolute Gasteiger partial charge is 0.162 e. The maximum atomic E-state index is 5.26. The van der Waals surface area contributed by atoms with Crippen LogP contribution in [0.1, 0.15) is 25.2 Å². The maximum absolute atomic E-state index is 5.26. The van der Waals surface area contributed by atoms with Crippen LogP contribution in [0, 0.1) is 0 Å². The van der Waals surface area contributed by atoms with Gasteiger partial charge in [0.15, 0.2) is 5.82 Å². The summed E-state index contributed by atoms with van der Waals surface area (Å²) in [6.45, 7) is 4.50. The lowest BCUT2D eigenvalue weighted by molar-refractivity contribution is 0.621. The van der Waals surface area contributed by atoms with Crippen LogP contribution in [-0.4, -0.2) is 19.5 Å². The van der Waals surface area contributed by atoms with Gasteiger partial charge in [0.1, 0.15) is 11.3 Å². The Morgan fingerprint density at radius 3 is 2.29 bits per heavy atom. The average Bonchev–Trinajstić information content (AvgIpc) is 3.47. The van der Waals surface area contributed by atoms with Crippen LogP contribution in [0.5, 0.6) is 0 Å². The Bertz CT molecular complexity index is 2050. The first-order valence-corrected chi connectivity index (χ1v) is 13.0. The molecule has 1 aliphatic heterocycles. The van der Waals surface area contributed by atoms with E-state index >= 15 is 0 Å². The van der Waals surface area contributed by atoms with E-state index < -0.39 is 0 Å². The van der Waals surface area contributed by atoms with Gasteiger partial charge in [0.2, 0.25) is 0 Å². The van der Waals surface area contributed by atoms with E-state index in [0.717, 1.165) is 50.0 Å². The van der Waals surface area contributed by atoms with E-state index in [2.05, 4.69) is 122 Å². The fraction of sp³-hybridized carbons (Fsp3) is 0.0882. The average molecular weight is 489 g/mol. The molecule has 0 saturated heterocycles. The van der Waals surface area contributed by atoms with Crippen molar-refractivity contribution in [1.82, 2.24) is 19.5 Å². The van der Waals surface area contributed by atoms with Gasteiger partial charge in [-0.1, -0.05) is 84.9 Å². The van der Waals surface area contributed by atoms with E-state index in [1.807, 2.05) is 6.07 Å². The van der Waals surface area contributed by atoms with Crippen molar-refractivity contribution in [2.24, 2.45) is 0 Å². The molecule has 4 heteroatoms. The van der Waals surface area contributed by atoms with Gasteiger partial charge in [-0.25, -0.2) is 15.0 Å². The van der Waals surface area contributed by atoms with E-state index in [0.29, 0.717) is 5.82 Å². The number of fused-ring (bicyclic) bond motifs is 8. The molecule has 0 amide bonds. The van der Waals surface area contributed by atoms with Gasteiger partial charge in [-0.2, -0.15) is 0 Å². The van der Waals surface area contributed by atoms with Crippen LogP contribution in [0.25, 0.3) is 61.0 Å². The van der Waals surface area contributed by atoms with Crippen LogP contribution < -0.4 is 0 Å². The van der Waals surface area contributed by atoms with Crippen molar-refractivity contribution >= 4 is 32.7 Å². The standard InChI is InChI=1S/C34H24N4/c1-34(2)26-16-8-9-17-27(26)38-28-18-10-15-25(31(28)37-33(34)38)32-35-29(22-12-4-3-5-13-22)24-20-19-21-11-6-7-14-23(21)30(24)36-32/h3-20H,1-2H3. The van der Waals surface area contributed by atoms with Crippen LogP contribution in [0.4, 0.5) is 0 Å². The summed E-state index contributed by atoms with van der Waals surface area (Å²) < 4.78 is 2.31. The van der Waals surface area contributed by atoms with Crippen molar-refractivity contribution in [1.29, 1.82) is 0 Å². The second kappa shape index (κ2) is 7.59. The summed E-state index contributed by atoms with van der Waals surface area (Å²) in [6.07, 6.45) is 0. The minimum atomic E-state index is -0.192. The first kappa shape index (κ1) is 21.3. The van der Waals surface area contributed by atoms with Crippen LogP contribution in [0.2, 0.25) is 0 Å². The quantitative estimate of drug-likeness (QED) is 0.231. The summed E-state index contributed by atoms with van der Waals surface area (Å²) >= 11 is 0. The third-order valence-electron chi connectivity index (χ3n) is 7.94. The number of hydrogen-bond acceptors (Lipinski definition) is 3. The molecular formula is C34H24N4. The third-order valence-corrected chi connectivity index (χ3v) is 7.94. The summed E-state index contributed by atoms with van der Waals surface area (Å²) in [7, 11) is 0. The zero-order valence-corrected chi connectivity index (χ0v) is 21.2. The molecule has 0 atom stereocenters. The molecule has 5 aromatic carbocycles. The molecule has 2 aromatic heterocycles. The highest BCUT2D eigenvalue weighted by molar-refractivity contribution is 6.10. The zero-order valence-electron chi connectivity index (χ0n) is 21.2. The van der Waals surface area contributed by atoms with E-state index in [1.54, 1.807) is 0 Å². The van der Waals surface area contributed by atoms with E-state index in [1.165, 1.54) is 16.6 Å². The first-order valence-electron chi connectivity index (χ1n) is 13.0.